The number of unbranched alkanes of at least 4 members (excludes halogenated alkanes) is 1. The van der Waals surface area contributed by atoms with Crippen LogP contribution in [0.25, 0.3) is 0 Å². The molecule has 0 heterocycles. The van der Waals surface area contributed by atoms with Crippen molar-refractivity contribution < 1.29 is 0 Å². The summed E-state index contributed by atoms with van der Waals surface area (Å²) < 4.78 is 0. The smallest absolute Gasteiger partial charge is 0.0219 e. The molecule has 0 radical (unpaired) electrons. The molecular formula is C15H26. The number of hydrogen-bond donors (Lipinski definition) is 0. The van der Waals surface area contributed by atoms with Crippen LogP contribution in [-0.4, -0.2) is 0 Å². The average molecular weight is 206 g/mol. The first-order valence-corrected chi connectivity index (χ1v) is 6.33. The van der Waals surface area contributed by atoms with Crippen molar-refractivity contribution >= 4 is 0 Å². The van der Waals surface area contributed by atoms with Gasteiger partial charge in [-0.2, -0.15) is 0 Å². The van der Waals surface area contributed by atoms with Crippen molar-refractivity contribution in [1.29, 1.82) is 0 Å². The molecule has 0 amide bonds. The average Bonchev–Trinajstić information content (AvgIpc) is 2.29. The van der Waals surface area contributed by atoms with Crippen molar-refractivity contribution in [1.82, 2.24) is 0 Å². The van der Waals surface area contributed by atoms with Gasteiger partial charge in [0.15, 0.2) is 0 Å². The molecule has 1 aromatic rings. The number of hydrogen-bond acceptors (Lipinski definition) is 0. The zero-order valence-electron chi connectivity index (χ0n) is 11.0. The van der Waals surface area contributed by atoms with Crippen molar-refractivity contribution in [3.8, 4) is 0 Å². The van der Waals surface area contributed by atoms with Gasteiger partial charge < -0.3 is 0 Å². The first kappa shape index (κ1) is 14.2. The monoisotopic (exact) mass is 206 g/mol. The van der Waals surface area contributed by atoms with Crippen LogP contribution in [-0.2, 0) is 6.42 Å². The second-order valence-electron chi connectivity index (χ2n) is 4.00. The molecule has 1 rings (SSSR count). The van der Waals surface area contributed by atoms with E-state index in [0.29, 0.717) is 5.92 Å². The second-order valence-corrected chi connectivity index (χ2v) is 4.00. The van der Waals surface area contributed by atoms with E-state index in [9.17, 15) is 0 Å². The largest absolute Gasteiger partial charge is 0.0683 e. The third-order valence-electron chi connectivity index (χ3n) is 2.47. The number of aryl methyl sites for hydroxylation is 1. The first-order valence-electron chi connectivity index (χ1n) is 6.33. The van der Waals surface area contributed by atoms with Crippen LogP contribution in [0.5, 0.6) is 0 Å². The van der Waals surface area contributed by atoms with Crippen LogP contribution in [0.3, 0.4) is 0 Å². The van der Waals surface area contributed by atoms with Crippen molar-refractivity contribution in [2.45, 2.75) is 59.8 Å². The lowest BCUT2D eigenvalue weighted by molar-refractivity contribution is 0.793. The van der Waals surface area contributed by atoms with Gasteiger partial charge in [0.2, 0.25) is 0 Å². The van der Waals surface area contributed by atoms with E-state index in [2.05, 4.69) is 45.0 Å². The quantitative estimate of drug-likeness (QED) is 0.637. The van der Waals surface area contributed by atoms with Crippen molar-refractivity contribution in [2.24, 2.45) is 0 Å². The molecule has 86 valence electrons. The molecule has 0 aliphatic heterocycles. The molecule has 0 saturated carbocycles. The van der Waals surface area contributed by atoms with Crippen LogP contribution in [0, 0.1) is 0 Å². The van der Waals surface area contributed by atoms with Crippen LogP contribution >= 0.6 is 0 Å². The summed E-state index contributed by atoms with van der Waals surface area (Å²) in [5.41, 5.74) is 2.92. The van der Waals surface area contributed by atoms with Crippen LogP contribution in [0.1, 0.15) is 64.5 Å². The first-order chi connectivity index (χ1) is 7.24. The normalized spacial score (nSPS) is 9.73. The van der Waals surface area contributed by atoms with Crippen LogP contribution in [0.4, 0.5) is 0 Å². The second kappa shape index (κ2) is 8.52. The Morgan fingerprint density at radius 3 is 1.93 bits per heavy atom. The van der Waals surface area contributed by atoms with Gasteiger partial charge in [-0.3, -0.25) is 0 Å². The van der Waals surface area contributed by atoms with Gasteiger partial charge in [-0.05, 0) is 29.9 Å². The minimum atomic E-state index is 0.653. The summed E-state index contributed by atoms with van der Waals surface area (Å²) in [4.78, 5) is 0. The molecule has 0 N–H and O–H groups in total. The molecule has 0 heteroatoms. The lowest BCUT2D eigenvalue weighted by Crippen LogP contribution is -1.89. The van der Waals surface area contributed by atoms with Gasteiger partial charge in [0.1, 0.15) is 0 Å². The molecule has 0 nitrogen and oxygen atoms in total. The summed E-state index contributed by atoms with van der Waals surface area (Å²) in [5, 5.41) is 0. The summed E-state index contributed by atoms with van der Waals surface area (Å²) in [7, 11) is 0. The van der Waals surface area contributed by atoms with Crippen LogP contribution in [0.15, 0.2) is 24.3 Å². The van der Waals surface area contributed by atoms with E-state index in [0.717, 1.165) is 0 Å². The summed E-state index contributed by atoms with van der Waals surface area (Å²) in [6.45, 7) is 10.7. The molecule has 0 aliphatic rings. The van der Waals surface area contributed by atoms with Gasteiger partial charge in [0.05, 0.1) is 0 Å². The molecule has 1 aromatic carbocycles. The van der Waals surface area contributed by atoms with E-state index >= 15 is 0 Å². The predicted molar refractivity (Wildman–Crippen MR) is 70.5 cm³/mol. The highest BCUT2D eigenvalue weighted by molar-refractivity contribution is 5.24. The highest BCUT2D eigenvalue weighted by Crippen LogP contribution is 2.15. The molecule has 0 unspecified atom stereocenters. The summed E-state index contributed by atoms with van der Waals surface area (Å²) in [6, 6.07) is 9.06. The fraction of sp³-hybridized carbons (Fsp3) is 0.600. The fourth-order valence-corrected chi connectivity index (χ4v) is 1.45. The molecule has 0 bridgehead atoms. The van der Waals surface area contributed by atoms with Crippen LogP contribution < -0.4 is 0 Å². The van der Waals surface area contributed by atoms with Gasteiger partial charge in [0.25, 0.3) is 0 Å². The maximum atomic E-state index is 2.27. The Bertz CT molecular complexity index is 231. The molecule has 15 heavy (non-hydrogen) atoms. The van der Waals surface area contributed by atoms with Gasteiger partial charge >= 0.3 is 0 Å². The standard InChI is InChI=1S/C13H20.C2H6/c1-4-5-6-12-7-9-13(10-8-12)11(2)3;1-2/h7-11H,4-6H2,1-3H3;1-2H3. The number of benzene rings is 1. The molecule has 0 atom stereocenters. The zero-order chi connectivity index (χ0) is 11.7. The van der Waals surface area contributed by atoms with E-state index in [-0.39, 0.29) is 0 Å². The Labute approximate surface area is 95.7 Å². The van der Waals surface area contributed by atoms with Crippen molar-refractivity contribution in [2.75, 3.05) is 0 Å². The minimum absolute atomic E-state index is 0.653. The Hall–Kier alpha value is -0.780. The van der Waals surface area contributed by atoms with E-state index in [4.69, 9.17) is 0 Å². The van der Waals surface area contributed by atoms with E-state index < -0.39 is 0 Å². The van der Waals surface area contributed by atoms with Crippen molar-refractivity contribution in [3.05, 3.63) is 35.4 Å². The van der Waals surface area contributed by atoms with Gasteiger partial charge in [0, 0.05) is 0 Å². The summed E-state index contributed by atoms with van der Waals surface area (Å²) >= 11 is 0. The molecule has 0 aromatic heterocycles. The van der Waals surface area contributed by atoms with E-state index in [1.54, 1.807) is 0 Å². The lowest BCUT2D eigenvalue weighted by Gasteiger charge is -2.06. The van der Waals surface area contributed by atoms with Crippen LogP contribution in [0.2, 0.25) is 0 Å². The Kier molecular flexibility index (Phi) is 8.08. The molecule has 0 saturated heterocycles. The molecule has 0 spiro atoms. The topological polar surface area (TPSA) is 0 Å². The fourth-order valence-electron chi connectivity index (χ4n) is 1.45. The maximum absolute atomic E-state index is 2.27. The molecule has 0 aliphatic carbocycles. The summed E-state index contributed by atoms with van der Waals surface area (Å²) in [6.07, 6.45) is 3.82. The highest BCUT2D eigenvalue weighted by Gasteiger charge is 1.98. The third kappa shape index (κ3) is 5.61. The molecule has 0 fully saturated rings. The maximum Gasteiger partial charge on any atom is -0.0219 e. The SMILES string of the molecule is CC.CCCCc1ccc(C(C)C)cc1. The highest BCUT2D eigenvalue weighted by atomic mass is 14.0. The van der Waals surface area contributed by atoms with Gasteiger partial charge in [-0.15, -0.1) is 0 Å². The number of rotatable bonds is 4. The Morgan fingerprint density at radius 1 is 1.00 bits per heavy atom. The molecular weight excluding hydrogens is 180 g/mol. The Morgan fingerprint density at radius 2 is 1.53 bits per heavy atom. The van der Waals surface area contributed by atoms with Gasteiger partial charge in [-0.1, -0.05) is 65.3 Å². The minimum Gasteiger partial charge on any atom is -0.0683 e. The van der Waals surface area contributed by atoms with E-state index in [1.807, 2.05) is 13.8 Å². The third-order valence-corrected chi connectivity index (χ3v) is 2.47. The Balaban J connectivity index is 0.000000921. The van der Waals surface area contributed by atoms with Gasteiger partial charge in [-0.25, -0.2) is 0 Å². The van der Waals surface area contributed by atoms with Crippen molar-refractivity contribution in [3.63, 3.8) is 0 Å². The lowest BCUT2D eigenvalue weighted by atomic mass is 10.00. The zero-order valence-corrected chi connectivity index (χ0v) is 11.0. The summed E-state index contributed by atoms with van der Waals surface area (Å²) in [5.74, 6) is 0.653. The van der Waals surface area contributed by atoms with E-state index in [1.165, 1.54) is 30.4 Å². The predicted octanol–water partition coefficient (Wildman–Crippen LogP) is 5.18.